The lowest BCUT2D eigenvalue weighted by molar-refractivity contribution is 0.304. The van der Waals surface area contributed by atoms with Gasteiger partial charge in [0.15, 0.2) is 0 Å². The Balaban J connectivity index is 1.98. The Morgan fingerprint density at radius 1 is 1.15 bits per heavy atom. The van der Waals surface area contributed by atoms with E-state index < -0.39 is 5.82 Å². The molecule has 0 saturated heterocycles. The summed E-state index contributed by atoms with van der Waals surface area (Å²) in [4.78, 5) is 0. The van der Waals surface area contributed by atoms with Crippen LogP contribution in [-0.2, 0) is 6.61 Å². The molecule has 0 fully saturated rings. The highest BCUT2D eigenvalue weighted by Crippen LogP contribution is 2.21. The molecule has 0 aromatic heterocycles. The van der Waals surface area contributed by atoms with Crippen molar-refractivity contribution in [2.45, 2.75) is 6.61 Å². The maximum absolute atomic E-state index is 13.2. The summed E-state index contributed by atoms with van der Waals surface area (Å²) < 4.78 is 18.7. The average Bonchev–Trinajstić information content (AvgIpc) is 2.47. The van der Waals surface area contributed by atoms with Crippen molar-refractivity contribution in [3.8, 4) is 17.6 Å². The zero-order chi connectivity index (χ0) is 14.4. The van der Waals surface area contributed by atoms with Crippen LogP contribution in [0.4, 0.5) is 4.39 Å². The first kappa shape index (κ1) is 14.4. The van der Waals surface area contributed by atoms with Gasteiger partial charge in [-0.3, -0.25) is 0 Å². The molecule has 0 saturated carbocycles. The van der Waals surface area contributed by atoms with Crippen LogP contribution in [0.3, 0.4) is 0 Å². The van der Waals surface area contributed by atoms with E-state index in [4.69, 9.17) is 21.4 Å². The van der Waals surface area contributed by atoms with E-state index in [1.54, 1.807) is 6.07 Å². The zero-order valence-electron chi connectivity index (χ0n) is 10.6. The van der Waals surface area contributed by atoms with Crippen LogP contribution in [0.15, 0.2) is 42.5 Å². The molecule has 0 aliphatic heterocycles. The van der Waals surface area contributed by atoms with E-state index in [0.29, 0.717) is 12.4 Å². The molecule has 102 valence electrons. The molecule has 0 atom stereocenters. The Morgan fingerprint density at radius 3 is 2.55 bits per heavy atom. The Morgan fingerprint density at radius 2 is 1.90 bits per heavy atom. The fourth-order valence-electron chi connectivity index (χ4n) is 1.56. The molecule has 0 bridgehead atoms. The third-order valence-electron chi connectivity index (χ3n) is 2.56. The maximum atomic E-state index is 13.2. The molecule has 2 nitrogen and oxygen atoms in total. The molecule has 0 unspecified atom stereocenters. The van der Waals surface area contributed by atoms with Gasteiger partial charge in [-0.25, -0.2) is 4.39 Å². The summed E-state index contributed by atoms with van der Waals surface area (Å²) in [6.07, 6.45) is 0. The lowest BCUT2D eigenvalue weighted by Crippen LogP contribution is -1.96. The minimum atomic E-state index is -0.501. The Kier molecular flexibility index (Phi) is 5.00. The van der Waals surface area contributed by atoms with Gasteiger partial charge >= 0.3 is 0 Å². The normalized spacial score (nSPS) is 9.75. The smallest absolute Gasteiger partial charge is 0.145 e. The van der Waals surface area contributed by atoms with Gasteiger partial charge in [0.1, 0.15) is 24.8 Å². The minimum absolute atomic E-state index is 0.0733. The second kappa shape index (κ2) is 6.95. The van der Waals surface area contributed by atoms with Crippen molar-refractivity contribution in [2.75, 3.05) is 6.61 Å². The van der Waals surface area contributed by atoms with Crippen LogP contribution >= 0.6 is 11.6 Å². The van der Waals surface area contributed by atoms with E-state index in [0.717, 1.165) is 11.1 Å². The van der Waals surface area contributed by atoms with E-state index in [9.17, 15) is 4.39 Å². The van der Waals surface area contributed by atoms with E-state index >= 15 is 0 Å². The number of aliphatic hydroxyl groups excluding tert-OH is 1. The van der Waals surface area contributed by atoms with Crippen LogP contribution in [0.2, 0.25) is 5.02 Å². The standard InChI is InChI=1S/C16H12ClFO2/c17-15-8-7-14(10-16(15)18)20-11-13-5-3-12(4-6-13)2-1-9-19/h3-8,10,19H,9,11H2. The predicted octanol–water partition coefficient (Wildman–Crippen LogP) is 3.40. The van der Waals surface area contributed by atoms with E-state index in [-0.39, 0.29) is 11.6 Å². The molecule has 4 heteroatoms. The largest absolute Gasteiger partial charge is 0.489 e. The van der Waals surface area contributed by atoms with Crippen LogP contribution in [0, 0.1) is 17.7 Å². The molecule has 2 aromatic carbocycles. The summed E-state index contributed by atoms with van der Waals surface area (Å²) in [6.45, 7) is 0.168. The molecule has 2 rings (SSSR count). The first-order chi connectivity index (χ1) is 9.69. The number of halogens is 2. The monoisotopic (exact) mass is 290 g/mol. The lowest BCUT2D eigenvalue weighted by Gasteiger charge is -2.07. The molecule has 0 heterocycles. The predicted molar refractivity (Wildman–Crippen MR) is 76.1 cm³/mol. The fourth-order valence-corrected chi connectivity index (χ4v) is 1.68. The van der Waals surface area contributed by atoms with Crippen molar-refractivity contribution < 1.29 is 14.2 Å². The molecular formula is C16H12ClFO2. The molecule has 0 aliphatic carbocycles. The van der Waals surface area contributed by atoms with Crippen molar-refractivity contribution in [2.24, 2.45) is 0 Å². The van der Waals surface area contributed by atoms with Crippen LogP contribution in [0.1, 0.15) is 11.1 Å². The molecular weight excluding hydrogens is 279 g/mol. The van der Waals surface area contributed by atoms with Crippen LogP contribution in [0.25, 0.3) is 0 Å². The van der Waals surface area contributed by atoms with Crippen LogP contribution in [-0.4, -0.2) is 11.7 Å². The SMILES string of the molecule is OCC#Cc1ccc(COc2ccc(Cl)c(F)c2)cc1. The van der Waals surface area contributed by atoms with E-state index in [1.165, 1.54) is 12.1 Å². The summed E-state index contributed by atoms with van der Waals surface area (Å²) in [5.41, 5.74) is 1.76. The van der Waals surface area contributed by atoms with Crippen molar-refractivity contribution in [1.29, 1.82) is 0 Å². The van der Waals surface area contributed by atoms with Gasteiger partial charge in [-0.05, 0) is 29.8 Å². The third-order valence-corrected chi connectivity index (χ3v) is 2.87. The van der Waals surface area contributed by atoms with Crippen molar-refractivity contribution in [1.82, 2.24) is 0 Å². The first-order valence-corrected chi connectivity index (χ1v) is 6.33. The molecule has 0 spiro atoms. The number of hydrogen-bond acceptors (Lipinski definition) is 2. The highest BCUT2D eigenvalue weighted by atomic mass is 35.5. The number of aliphatic hydroxyl groups is 1. The molecule has 20 heavy (non-hydrogen) atoms. The second-order valence-electron chi connectivity index (χ2n) is 4.02. The highest BCUT2D eigenvalue weighted by molar-refractivity contribution is 6.30. The Bertz CT molecular complexity index is 642. The summed E-state index contributed by atoms with van der Waals surface area (Å²) in [6, 6.07) is 11.7. The van der Waals surface area contributed by atoms with Gasteiger partial charge in [0.25, 0.3) is 0 Å². The quantitative estimate of drug-likeness (QED) is 0.878. The van der Waals surface area contributed by atoms with Gasteiger partial charge in [-0.15, -0.1) is 0 Å². The number of ether oxygens (including phenoxy) is 1. The van der Waals surface area contributed by atoms with Gasteiger partial charge in [-0.1, -0.05) is 35.6 Å². The van der Waals surface area contributed by atoms with Gasteiger partial charge in [-0.2, -0.15) is 0 Å². The van der Waals surface area contributed by atoms with Crippen LogP contribution in [0.5, 0.6) is 5.75 Å². The number of rotatable bonds is 3. The van der Waals surface area contributed by atoms with Crippen molar-refractivity contribution >= 4 is 11.6 Å². The van der Waals surface area contributed by atoms with Gasteiger partial charge in [0.05, 0.1) is 5.02 Å². The third kappa shape index (κ3) is 3.99. The van der Waals surface area contributed by atoms with Crippen molar-refractivity contribution in [3.63, 3.8) is 0 Å². The van der Waals surface area contributed by atoms with Gasteiger partial charge < -0.3 is 9.84 Å². The lowest BCUT2D eigenvalue weighted by atomic mass is 10.1. The Labute approximate surface area is 121 Å². The topological polar surface area (TPSA) is 29.5 Å². The molecule has 0 amide bonds. The minimum Gasteiger partial charge on any atom is -0.489 e. The van der Waals surface area contributed by atoms with Crippen LogP contribution < -0.4 is 4.74 Å². The van der Waals surface area contributed by atoms with Crippen molar-refractivity contribution in [3.05, 3.63) is 64.4 Å². The first-order valence-electron chi connectivity index (χ1n) is 5.95. The Hall–Kier alpha value is -2.02. The molecule has 0 radical (unpaired) electrons. The van der Waals surface area contributed by atoms with Gasteiger partial charge in [0.2, 0.25) is 0 Å². The highest BCUT2D eigenvalue weighted by Gasteiger charge is 2.02. The molecule has 1 N–H and O–H groups in total. The summed E-state index contributed by atoms with van der Waals surface area (Å²) in [5.74, 6) is 5.30. The zero-order valence-corrected chi connectivity index (χ0v) is 11.3. The summed E-state index contributed by atoms with van der Waals surface area (Å²) in [7, 11) is 0. The average molecular weight is 291 g/mol. The maximum Gasteiger partial charge on any atom is 0.145 e. The number of hydrogen-bond donors (Lipinski definition) is 1. The second-order valence-corrected chi connectivity index (χ2v) is 4.43. The van der Waals surface area contributed by atoms with Gasteiger partial charge in [0, 0.05) is 11.6 Å². The van der Waals surface area contributed by atoms with E-state index in [2.05, 4.69) is 11.8 Å². The fraction of sp³-hybridized carbons (Fsp3) is 0.125. The molecule has 0 aliphatic rings. The summed E-state index contributed by atoms with van der Waals surface area (Å²) in [5, 5.41) is 8.67. The summed E-state index contributed by atoms with van der Waals surface area (Å²) >= 11 is 5.60. The number of benzene rings is 2. The van der Waals surface area contributed by atoms with E-state index in [1.807, 2.05) is 24.3 Å². The molecule has 2 aromatic rings.